The number of nitrogens with one attached hydrogen (secondary N) is 1. The molecule has 0 unspecified atom stereocenters. The van der Waals surface area contributed by atoms with E-state index in [0.29, 0.717) is 5.69 Å². The minimum atomic E-state index is 0. The Morgan fingerprint density at radius 2 is 1.59 bits per heavy atom. The van der Waals surface area contributed by atoms with Crippen LogP contribution in [-0.4, -0.2) is 28.9 Å². The molecule has 0 saturated heterocycles. The number of para-hydroxylation sites is 4. The lowest BCUT2D eigenvalue weighted by atomic mass is 10.3. The quantitative estimate of drug-likeness (QED) is 0.222. The van der Waals surface area contributed by atoms with Gasteiger partial charge in [-0.25, -0.2) is 0 Å². The van der Waals surface area contributed by atoms with Gasteiger partial charge in [0, 0.05) is 20.1 Å². The van der Waals surface area contributed by atoms with Crippen LogP contribution < -0.4 is 15.8 Å². The molecule has 3 rings (SSSR count). The summed E-state index contributed by atoms with van der Waals surface area (Å²) in [6.07, 6.45) is 2.30. The number of aromatic hydroxyl groups is 1. The third-order valence-electron chi connectivity index (χ3n) is 2.99. The van der Waals surface area contributed by atoms with Crippen molar-refractivity contribution in [1.82, 2.24) is 0 Å². The van der Waals surface area contributed by atoms with Gasteiger partial charge < -0.3 is 20.9 Å². The van der Waals surface area contributed by atoms with Crippen LogP contribution >= 0.6 is 31.9 Å². The first-order chi connectivity index (χ1) is 11.7. The average Bonchev–Trinajstić information content (AvgIpc) is 2.85. The Morgan fingerprint density at radius 1 is 1.00 bits per heavy atom. The molecule has 1 aliphatic rings. The van der Waals surface area contributed by atoms with Crippen LogP contribution in [0.4, 0.5) is 11.4 Å². The van der Waals surface area contributed by atoms with E-state index in [0.717, 1.165) is 41.7 Å². The van der Waals surface area contributed by atoms with Gasteiger partial charge >= 0.3 is 0 Å². The van der Waals surface area contributed by atoms with Crippen molar-refractivity contribution in [2.24, 2.45) is 0 Å². The van der Waals surface area contributed by atoms with E-state index in [9.17, 15) is 0 Å². The molecule has 0 aromatic heterocycles. The molecule has 4 nitrogen and oxygen atoms in total. The second-order valence-electron chi connectivity index (χ2n) is 4.92. The van der Waals surface area contributed by atoms with Crippen molar-refractivity contribution >= 4 is 43.2 Å². The highest BCUT2D eigenvalue weighted by atomic mass is 79.9. The molecule has 2 aromatic carbocycles. The molecule has 27 heavy (non-hydrogen) atoms. The summed E-state index contributed by atoms with van der Waals surface area (Å²) in [5.74, 6) is 1.12. The van der Waals surface area contributed by atoms with E-state index in [1.165, 1.54) is 6.42 Å². The third-order valence-corrected chi connectivity index (χ3v) is 4.11. The van der Waals surface area contributed by atoms with Crippen LogP contribution in [0, 0.1) is 0 Å². The zero-order valence-corrected chi connectivity index (χ0v) is 16.7. The number of rotatable bonds is 2. The molecule has 1 heterocycles. The molecule has 0 bridgehead atoms. The summed E-state index contributed by atoms with van der Waals surface area (Å²) in [6, 6.07) is 14.7. The Balaban J connectivity index is -0.0000000971. The molecule has 0 radical (unpaired) electrons. The van der Waals surface area contributed by atoms with Crippen molar-refractivity contribution in [3.05, 3.63) is 48.5 Å². The zero-order chi connectivity index (χ0) is 17.6. The van der Waals surface area contributed by atoms with Gasteiger partial charge in [-0.2, -0.15) is 0 Å². The smallest absolute Gasteiger partial charge is 0.142 e. The molecule has 160 valence electrons. The van der Waals surface area contributed by atoms with Gasteiger partial charge in [0.05, 0.1) is 18.0 Å². The number of benzene rings is 2. The maximum absolute atomic E-state index is 8.79. The van der Waals surface area contributed by atoms with E-state index in [-0.39, 0.29) is 30.9 Å². The molecule has 6 heteroatoms. The molecular weight excluding hydrogens is 472 g/mol. The molecule has 0 fully saturated rings. The van der Waals surface area contributed by atoms with Crippen LogP contribution in [0.25, 0.3) is 0 Å². The topological polar surface area (TPSA) is 67.5 Å². The Morgan fingerprint density at radius 3 is 2.11 bits per heavy atom. The monoisotopic (exact) mass is 512 g/mol. The highest BCUT2D eigenvalue weighted by Crippen LogP contribution is 2.25. The normalized spacial score (nSPS) is 10.6. The van der Waals surface area contributed by atoms with Gasteiger partial charge in [0.2, 0.25) is 0 Å². The average molecular weight is 514 g/mol. The lowest BCUT2D eigenvalue weighted by Gasteiger charge is -2.05. The largest absolute Gasteiger partial charge is 0.506 e. The summed E-state index contributed by atoms with van der Waals surface area (Å²) >= 11 is 6.56. The first-order valence-electron chi connectivity index (χ1n) is 7.80. The van der Waals surface area contributed by atoms with E-state index in [4.69, 9.17) is 15.6 Å². The van der Waals surface area contributed by atoms with E-state index >= 15 is 0 Å². The summed E-state index contributed by atoms with van der Waals surface area (Å²) in [7, 11) is 0. The number of halogens is 2. The van der Waals surface area contributed by atoms with Crippen molar-refractivity contribution < 1.29 is 12.7 Å². The number of phenolic OH excluding ortho intramolecular Hbond substituents is 1. The lowest BCUT2D eigenvalue weighted by Crippen LogP contribution is -1.99. The Kier molecular flexibility index (Phi) is 21.8. The molecule has 0 atom stereocenters. The lowest BCUT2D eigenvalue weighted by molar-refractivity contribution is 0.323. The third kappa shape index (κ3) is 13.4. The first-order valence-corrected chi connectivity index (χ1v) is 10.0. The predicted octanol–water partition coefficient (Wildman–Crippen LogP) is 7.42. The van der Waals surface area contributed by atoms with Gasteiger partial charge in [0.1, 0.15) is 11.5 Å². The molecule has 0 amide bonds. The summed E-state index contributed by atoms with van der Waals surface area (Å²) in [6.45, 7) is 1.83. The highest BCUT2D eigenvalue weighted by molar-refractivity contribution is 9.09. The molecule has 1 aliphatic heterocycles. The maximum Gasteiger partial charge on any atom is 0.142 e. The van der Waals surface area contributed by atoms with Gasteiger partial charge in [-0.3, -0.25) is 0 Å². The summed E-state index contributed by atoms with van der Waals surface area (Å²) in [4.78, 5) is 0. The summed E-state index contributed by atoms with van der Waals surface area (Å²) in [5, 5.41) is 14.3. The van der Waals surface area contributed by atoms with Crippen molar-refractivity contribution in [1.29, 1.82) is 0 Å². The maximum atomic E-state index is 8.79. The van der Waals surface area contributed by atoms with Crippen LogP contribution in [0.3, 0.4) is 0 Å². The van der Waals surface area contributed by atoms with E-state index in [1.807, 2.05) is 24.3 Å². The van der Waals surface area contributed by atoms with Crippen LogP contribution in [0.1, 0.15) is 38.0 Å². The number of nitrogens with two attached hydrogens (primary N) is 1. The standard InChI is InChI=1S/C9H11NO.C6H7NO.C3H6Br2.3CH4.2H2/c1-2-5-9-8(4-1)10-6-3-7-11-9;7-5-3-1-2-4-6(5)8;4-2-1-3-5;;;;;/h1-2,4-5,10H,3,6-7H2;1-4,8H,7H2;1-3H2;3*1H4;2*1H/i;;;;;;2*1+1. The fourth-order valence-electron chi connectivity index (χ4n) is 1.75. The van der Waals surface area contributed by atoms with Gasteiger partial charge in [0.25, 0.3) is 0 Å². The Hall–Kier alpha value is -1.40. The number of phenols is 1. The number of ether oxygens (including phenoxy) is 1. The number of anilines is 2. The fraction of sp³-hybridized carbons (Fsp3) is 0.429. The second kappa shape index (κ2) is 19.4. The minimum absolute atomic E-state index is 0. The SMILES string of the molecule is BrCCCBr.C.C.C.Nc1ccccc1O.[2HH].[2HH].c1ccc2c(c1)NCCCO2. The van der Waals surface area contributed by atoms with E-state index < -0.39 is 0 Å². The predicted molar refractivity (Wildman–Crippen MR) is 134 cm³/mol. The first kappa shape index (κ1) is 30.3. The van der Waals surface area contributed by atoms with E-state index in [1.54, 1.807) is 24.3 Å². The molecule has 2 aromatic rings. The zero-order valence-electron chi connectivity index (χ0n) is 13.6. The number of fused-ring (bicyclic) bond motifs is 1. The minimum Gasteiger partial charge on any atom is -0.506 e. The van der Waals surface area contributed by atoms with Crippen molar-refractivity contribution in [2.75, 3.05) is 34.9 Å². The van der Waals surface area contributed by atoms with Gasteiger partial charge in [-0.1, -0.05) is 78.4 Å². The van der Waals surface area contributed by atoms with Crippen LogP contribution in [0.5, 0.6) is 11.5 Å². The van der Waals surface area contributed by atoms with Gasteiger partial charge in [-0.15, -0.1) is 0 Å². The van der Waals surface area contributed by atoms with Crippen LogP contribution in [0.2, 0.25) is 0 Å². The van der Waals surface area contributed by atoms with Gasteiger partial charge in [-0.05, 0) is 37.1 Å². The van der Waals surface area contributed by atoms with Crippen LogP contribution in [-0.2, 0) is 0 Å². The Labute approximate surface area is 185 Å². The van der Waals surface area contributed by atoms with Gasteiger partial charge in [0.15, 0.2) is 0 Å². The summed E-state index contributed by atoms with van der Waals surface area (Å²) in [5.41, 5.74) is 6.81. The van der Waals surface area contributed by atoms with Crippen LogP contribution in [0.15, 0.2) is 48.5 Å². The fourth-order valence-corrected chi connectivity index (χ4v) is 3.07. The van der Waals surface area contributed by atoms with E-state index in [2.05, 4.69) is 37.2 Å². The second-order valence-corrected chi connectivity index (χ2v) is 6.50. The number of nitrogen functional groups attached to an aromatic ring is 1. The van der Waals surface area contributed by atoms with Crippen molar-refractivity contribution in [3.8, 4) is 11.5 Å². The van der Waals surface area contributed by atoms with Crippen molar-refractivity contribution in [3.63, 3.8) is 0 Å². The molecule has 0 aliphatic carbocycles. The highest BCUT2D eigenvalue weighted by Gasteiger charge is 2.04. The molecular formula is C21H40Br2N2O2. The molecule has 0 spiro atoms. The molecule has 4 N–H and O–H groups in total. The molecule has 0 saturated carbocycles. The number of hydrogen-bond acceptors (Lipinski definition) is 4. The Bertz CT molecular complexity index is 546. The van der Waals surface area contributed by atoms with Crippen molar-refractivity contribution in [2.45, 2.75) is 35.1 Å². The summed E-state index contributed by atoms with van der Waals surface area (Å²) < 4.78 is 5.49. The number of alkyl halides is 2. The number of hydrogen-bond donors (Lipinski definition) is 3.